The van der Waals surface area contributed by atoms with Crippen molar-refractivity contribution in [1.82, 2.24) is 18.8 Å². The number of morpholine rings is 1. The Balaban J connectivity index is 1.63. The van der Waals surface area contributed by atoms with Crippen LogP contribution in [0, 0.1) is 0 Å². The van der Waals surface area contributed by atoms with Gasteiger partial charge in [0, 0.05) is 37.6 Å². The monoisotopic (exact) mass is 494 g/mol. The van der Waals surface area contributed by atoms with Gasteiger partial charge >= 0.3 is 0 Å². The lowest BCUT2D eigenvalue weighted by molar-refractivity contribution is 0.0730. The molecule has 0 radical (unpaired) electrons. The van der Waals surface area contributed by atoms with E-state index in [1.165, 1.54) is 9.18 Å². The first-order valence-corrected chi connectivity index (χ1v) is 13.2. The van der Waals surface area contributed by atoms with Crippen molar-refractivity contribution in [2.24, 2.45) is 0 Å². The van der Waals surface area contributed by atoms with Crippen molar-refractivity contribution in [1.29, 1.82) is 0 Å². The standard InChI is InChI=1S/C22H27ClN4O3S2/c1-3-9-25(15-17-5-8-21(23)31-17)16-22-24-19-14-18(6-7-20(19)27(22)4-2)32(28,29)26-10-12-30-13-11-26/h3,5-8,14H,1,4,9-13,15-16H2,2H3. The summed E-state index contributed by atoms with van der Waals surface area (Å²) < 4.78 is 35.8. The molecule has 3 aromatic rings. The van der Waals surface area contributed by atoms with Crippen molar-refractivity contribution < 1.29 is 13.2 Å². The van der Waals surface area contributed by atoms with E-state index in [-0.39, 0.29) is 4.90 Å². The lowest BCUT2D eigenvalue weighted by Gasteiger charge is -2.26. The van der Waals surface area contributed by atoms with Crippen LogP contribution in [0.2, 0.25) is 4.34 Å². The van der Waals surface area contributed by atoms with Crippen molar-refractivity contribution >= 4 is 44.0 Å². The van der Waals surface area contributed by atoms with Crippen molar-refractivity contribution in [3.05, 3.63) is 58.0 Å². The van der Waals surface area contributed by atoms with Gasteiger partial charge in [0.05, 0.1) is 40.0 Å². The third kappa shape index (κ3) is 4.93. The fraction of sp³-hybridized carbons (Fsp3) is 0.409. The number of aryl methyl sites for hydroxylation is 1. The topological polar surface area (TPSA) is 67.7 Å². The van der Waals surface area contributed by atoms with E-state index >= 15 is 0 Å². The Labute approximate surface area is 197 Å². The van der Waals surface area contributed by atoms with E-state index in [4.69, 9.17) is 21.3 Å². The number of benzene rings is 1. The van der Waals surface area contributed by atoms with Crippen LogP contribution in [-0.2, 0) is 34.4 Å². The summed E-state index contributed by atoms with van der Waals surface area (Å²) in [5, 5.41) is 0. The number of sulfonamides is 1. The van der Waals surface area contributed by atoms with Gasteiger partial charge in [0.2, 0.25) is 10.0 Å². The Morgan fingerprint density at radius 3 is 2.69 bits per heavy atom. The molecule has 0 N–H and O–H groups in total. The highest BCUT2D eigenvalue weighted by molar-refractivity contribution is 7.89. The Morgan fingerprint density at radius 1 is 1.25 bits per heavy atom. The zero-order valence-corrected chi connectivity index (χ0v) is 20.4. The third-order valence-electron chi connectivity index (χ3n) is 5.48. The quantitative estimate of drug-likeness (QED) is 0.421. The predicted octanol–water partition coefficient (Wildman–Crippen LogP) is 3.98. The molecule has 1 aliphatic rings. The molecule has 1 fully saturated rings. The minimum atomic E-state index is -3.56. The van der Waals surface area contributed by atoms with Crippen molar-refractivity contribution in [2.45, 2.75) is 31.5 Å². The van der Waals surface area contributed by atoms with E-state index in [1.54, 1.807) is 23.5 Å². The van der Waals surface area contributed by atoms with E-state index in [0.717, 1.165) is 28.8 Å². The molecule has 0 bridgehead atoms. The molecule has 0 unspecified atom stereocenters. The maximum Gasteiger partial charge on any atom is 0.243 e. The second kappa shape index (κ2) is 10.0. The predicted molar refractivity (Wildman–Crippen MR) is 129 cm³/mol. The lowest BCUT2D eigenvalue weighted by atomic mass is 10.3. The summed E-state index contributed by atoms with van der Waals surface area (Å²) in [5.41, 5.74) is 1.62. The Bertz CT molecular complexity index is 1200. The molecule has 1 saturated heterocycles. The van der Waals surface area contributed by atoms with Crippen LogP contribution in [0.15, 0.2) is 47.9 Å². The van der Waals surface area contributed by atoms with E-state index in [1.807, 2.05) is 24.3 Å². The molecule has 0 amide bonds. The van der Waals surface area contributed by atoms with E-state index in [0.29, 0.717) is 44.9 Å². The van der Waals surface area contributed by atoms with E-state index in [9.17, 15) is 8.42 Å². The number of aromatic nitrogens is 2. The number of halogens is 1. The van der Waals surface area contributed by atoms with Crippen molar-refractivity contribution in [2.75, 3.05) is 32.8 Å². The summed E-state index contributed by atoms with van der Waals surface area (Å²) in [6.07, 6.45) is 1.88. The lowest BCUT2D eigenvalue weighted by Crippen LogP contribution is -2.40. The van der Waals surface area contributed by atoms with Gasteiger partial charge < -0.3 is 9.30 Å². The Morgan fingerprint density at radius 2 is 2.03 bits per heavy atom. The molecule has 0 saturated carbocycles. The summed E-state index contributed by atoms with van der Waals surface area (Å²) in [6, 6.07) is 9.17. The van der Waals surface area contributed by atoms with Gasteiger partial charge in [-0.25, -0.2) is 13.4 Å². The number of hydrogen-bond acceptors (Lipinski definition) is 6. The van der Waals surface area contributed by atoms with Crippen molar-refractivity contribution in [3.8, 4) is 0 Å². The molecule has 1 aromatic carbocycles. The first-order chi connectivity index (χ1) is 15.4. The molecule has 7 nitrogen and oxygen atoms in total. The summed E-state index contributed by atoms with van der Waals surface area (Å²) in [7, 11) is -3.56. The molecule has 0 aliphatic carbocycles. The van der Waals surface area contributed by atoms with E-state index < -0.39 is 10.0 Å². The molecule has 172 valence electrons. The SMILES string of the molecule is C=CCN(Cc1ccc(Cl)s1)Cc1nc2cc(S(=O)(=O)N3CCOCC3)ccc2n1CC. The van der Waals surface area contributed by atoms with Crippen LogP contribution in [0.4, 0.5) is 0 Å². The Kier molecular flexibility index (Phi) is 7.34. The van der Waals surface area contributed by atoms with Crippen LogP contribution in [0.1, 0.15) is 17.6 Å². The van der Waals surface area contributed by atoms with Crippen molar-refractivity contribution in [3.63, 3.8) is 0 Å². The van der Waals surface area contributed by atoms with Crippen LogP contribution in [0.25, 0.3) is 11.0 Å². The minimum absolute atomic E-state index is 0.273. The number of imidazole rings is 1. The average Bonchev–Trinajstić information content (AvgIpc) is 3.36. The fourth-order valence-corrected chi connectivity index (χ4v) is 6.51. The number of ether oxygens (including phenoxy) is 1. The molecule has 1 aliphatic heterocycles. The average molecular weight is 495 g/mol. The normalized spacial score (nSPS) is 15.6. The van der Waals surface area contributed by atoms with Gasteiger partial charge in [0.15, 0.2) is 0 Å². The highest BCUT2D eigenvalue weighted by Gasteiger charge is 2.27. The maximum absolute atomic E-state index is 13.1. The molecule has 10 heteroatoms. The fourth-order valence-electron chi connectivity index (χ4n) is 3.95. The molecule has 0 spiro atoms. The number of thiophene rings is 1. The molecule has 32 heavy (non-hydrogen) atoms. The second-order valence-electron chi connectivity index (χ2n) is 7.60. The molecular weight excluding hydrogens is 468 g/mol. The van der Waals surface area contributed by atoms with Crippen LogP contribution in [-0.4, -0.2) is 60.0 Å². The molecule has 0 atom stereocenters. The molecule has 3 heterocycles. The summed E-state index contributed by atoms with van der Waals surface area (Å²) in [5.74, 6) is 0.896. The summed E-state index contributed by atoms with van der Waals surface area (Å²) in [6.45, 7) is 10.4. The Hall–Kier alpha value is -1.75. The zero-order valence-electron chi connectivity index (χ0n) is 18.0. The van der Waals surface area contributed by atoms with Crippen LogP contribution >= 0.6 is 22.9 Å². The van der Waals surface area contributed by atoms with Gasteiger partial charge in [-0.1, -0.05) is 17.7 Å². The van der Waals surface area contributed by atoms with Gasteiger partial charge in [-0.05, 0) is 37.3 Å². The third-order valence-corrected chi connectivity index (χ3v) is 8.59. The van der Waals surface area contributed by atoms with Crippen LogP contribution in [0.5, 0.6) is 0 Å². The van der Waals surface area contributed by atoms with Crippen LogP contribution < -0.4 is 0 Å². The number of nitrogens with zero attached hydrogens (tertiary/aromatic N) is 4. The molecular formula is C22H27ClN4O3S2. The first kappa shape index (κ1) is 23.4. The highest BCUT2D eigenvalue weighted by atomic mass is 35.5. The van der Waals surface area contributed by atoms with Gasteiger partial charge in [0.25, 0.3) is 0 Å². The highest BCUT2D eigenvalue weighted by Crippen LogP contribution is 2.26. The second-order valence-corrected chi connectivity index (χ2v) is 11.3. The number of hydrogen-bond donors (Lipinski definition) is 0. The summed E-state index contributed by atoms with van der Waals surface area (Å²) >= 11 is 7.66. The maximum atomic E-state index is 13.1. The summed E-state index contributed by atoms with van der Waals surface area (Å²) in [4.78, 5) is 8.52. The zero-order chi connectivity index (χ0) is 22.7. The first-order valence-electron chi connectivity index (χ1n) is 10.6. The molecule has 4 rings (SSSR count). The largest absolute Gasteiger partial charge is 0.379 e. The van der Waals surface area contributed by atoms with Gasteiger partial charge in [0.1, 0.15) is 5.82 Å². The van der Waals surface area contributed by atoms with Gasteiger partial charge in [-0.2, -0.15) is 4.31 Å². The van der Waals surface area contributed by atoms with Gasteiger partial charge in [-0.15, -0.1) is 17.9 Å². The van der Waals surface area contributed by atoms with Crippen LogP contribution in [0.3, 0.4) is 0 Å². The molecule has 2 aromatic heterocycles. The van der Waals surface area contributed by atoms with Gasteiger partial charge in [-0.3, -0.25) is 4.90 Å². The smallest absolute Gasteiger partial charge is 0.243 e. The number of rotatable bonds is 9. The van der Waals surface area contributed by atoms with E-state index in [2.05, 4.69) is 23.0 Å². The number of fused-ring (bicyclic) bond motifs is 1. The minimum Gasteiger partial charge on any atom is -0.379 e.